The lowest BCUT2D eigenvalue weighted by molar-refractivity contribution is -0.127. The van der Waals surface area contributed by atoms with Crippen LogP contribution in [-0.4, -0.2) is 31.2 Å². The van der Waals surface area contributed by atoms with E-state index in [0.717, 1.165) is 28.3 Å². The van der Waals surface area contributed by atoms with Gasteiger partial charge in [0.1, 0.15) is 5.75 Å². The van der Waals surface area contributed by atoms with Crippen molar-refractivity contribution in [3.05, 3.63) is 54.1 Å². The van der Waals surface area contributed by atoms with Gasteiger partial charge in [-0.2, -0.15) is 0 Å². The van der Waals surface area contributed by atoms with Gasteiger partial charge in [0.2, 0.25) is 11.8 Å². The third kappa shape index (κ3) is 3.67. The second-order valence-corrected chi connectivity index (χ2v) is 7.72. The maximum Gasteiger partial charge on any atom is 0.227 e. The van der Waals surface area contributed by atoms with Crippen LogP contribution in [0.1, 0.15) is 24.4 Å². The molecule has 27 heavy (non-hydrogen) atoms. The van der Waals surface area contributed by atoms with Crippen molar-refractivity contribution < 1.29 is 14.3 Å². The number of carbonyl (C=O) groups is 2. The van der Waals surface area contributed by atoms with Crippen molar-refractivity contribution >= 4 is 29.3 Å². The molecule has 1 N–H and O–H groups in total. The quantitative estimate of drug-likeness (QED) is 0.824. The van der Waals surface area contributed by atoms with E-state index in [2.05, 4.69) is 5.32 Å². The molecular formula is C21H22N2O3S. The fourth-order valence-electron chi connectivity index (χ4n) is 3.69. The Hall–Kier alpha value is -2.47. The maximum atomic E-state index is 12.8. The van der Waals surface area contributed by atoms with Crippen molar-refractivity contribution in [1.29, 1.82) is 0 Å². The number of carbonyl (C=O) groups excluding carboxylic acids is 2. The average Bonchev–Trinajstić information content (AvgIpc) is 3.10. The summed E-state index contributed by atoms with van der Waals surface area (Å²) in [6.45, 7) is 1.01. The fraction of sp³-hybridized carbons (Fsp3) is 0.333. The molecule has 5 nitrogen and oxygen atoms in total. The van der Waals surface area contributed by atoms with Crippen LogP contribution in [0.25, 0.3) is 0 Å². The number of anilines is 1. The van der Waals surface area contributed by atoms with Crippen LogP contribution >= 0.6 is 11.8 Å². The first-order valence-corrected chi connectivity index (χ1v) is 10.3. The molecule has 2 atom stereocenters. The number of thioether (sulfide) groups is 1. The lowest BCUT2D eigenvalue weighted by Gasteiger charge is -2.27. The SMILES string of the molecule is CSc1cccc(N2C[C@@H](C(=O)N[C@@H]3CCOc4ccccc43)CC2=O)c1. The topological polar surface area (TPSA) is 58.6 Å². The first kappa shape index (κ1) is 17.9. The molecule has 2 heterocycles. The molecule has 2 aromatic rings. The number of amides is 2. The molecular weight excluding hydrogens is 360 g/mol. The summed E-state index contributed by atoms with van der Waals surface area (Å²) < 4.78 is 5.66. The van der Waals surface area contributed by atoms with E-state index < -0.39 is 0 Å². The number of para-hydroxylation sites is 1. The number of rotatable bonds is 4. The molecule has 0 saturated carbocycles. The van der Waals surface area contributed by atoms with Gasteiger partial charge in [-0.1, -0.05) is 24.3 Å². The third-order valence-electron chi connectivity index (χ3n) is 5.14. The molecule has 0 bridgehead atoms. The highest BCUT2D eigenvalue weighted by Crippen LogP contribution is 2.33. The molecule has 0 unspecified atom stereocenters. The lowest BCUT2D eigenvalue weighted by atomic mass is 9.99. The number of hydrogen-bond donors (Lipinski definition) is 1. The monoisotopic (exact) mass is 382 g/mol. The molecule has 0 aliphatic carbocycles. The third-order valence-corrected chi connectivity index (χ3v) is 5.86. The Labute approximate surface area is 163 Å². The molecule has 1 fully saturated rings. The van der Waals surface area contributed by atoms with E-state index in [-0.39, 0.29) is 30.2 Å². The number of hydrogen-bond acceptors (Lipinski definition) is 4. The van der Waals surface area contributed by atoms with Crippen LogP contribution in [0.3, 0.4) is 0 Å². The standard InChI is InChI=1S/C21H22N2O3S/c1-27-16-6-4-5-15(12-16)23-13-14(11-20(23)24)21(25)22-18-9-10-26-19-8-3-2-7-17(18)19/h2-8,12,14,18H,9-11,13H2,1H3,(H,22,25)/t14-,18+/m0/s1. The molecule has 0 aromatic heterocycles. The van der Waals surface area contributed by atoms with Gasteiger partial charge in [0, 0.05) is 35.5 Å². The largest absolute Gasteiger partial charge is 0.493 e. The summed E-state index contributed by atoms with van der Waals surface area (Å²) in [6, 6.07) is 15.6. The van der Waals surface area contributed by atoms with Gasteiger partial charge in [-0.05, 0) is 30.5 Å². The minimum absolute atomic E-state index is 0.000723. The molecule has 4 rings (SSSR count). The summed E-state index contributed by atoms with van der Waals surface area (Å²) in [4.78, 5) is 28.2. The fourth-order valence-corrected chi connectivity index (χ4v) is 4.15. The lowest BCUT2D eigenvalue weighted by Crippen LogP contribution is -2.37. The van der Waals surface area contributed by atoms with E-state index in [1.165, 1.54) is 0 Å². The zero-order valence-electron chi connectivity index (χ0n) is 15.2. The highest BCUT2D eigenvalue weighted by atomic mass is 32.2. The molecule has 1 saturated heterocycles. The van der Waals surface area contributed by atoms with Gasteiger partial charge in [-0.15, -0.1) is 11.8 Å². The summed E-state index contributed by atoms with van der Waals surface area (Å²) in [6.07, 6.45) is 3.00. The van der Waals surface area contributed by atoms with Crippen molar-refractivity contribution in [2.75, 3.05) is 24.3 Å². The van der Waals surface area contributed by atoms with E-state index in [0.29, 0.717) is 13.2 Å². The maximum absolute atomic E-state index is 12.8. The van der Waals surface area contributed by atoms with Gasteiger partial charge in [0.05, 0.1) is 18.6 Å². The Kier molecular flexibility index (Phi) is 5.07. The highest BCUT2D eigenvalue weighted by Gasteiger charge is 2.36. The van der Waals surface area contributed by atoms with Crippen molar-refractivity contribution in [3.63, 3.8) is 0 Å². The molecule has 2 amide bonds. The normalized spacial score (nSPS) is 21.5. The van der Waals surface area contributed by atoms with Crippen molar-refractivity contribution in [1.82, 2.24) is 5.32 Å². The Morgan fingerprint density at radius 2 is 2.07 bits per heavy atom. The number of nitrogens with one attached hydrogen (secondary N) is 1. The molecule has 0 radical (unpaired) electrons. The van der Waals surface area contributed by atoms with Gasteiger partial charge in [-0.3, -0.25) is 9.59 Å². The second-order valence-electron chi connectivity index (χ2n) is 6.84. The van der Waals surface area contributed by atoms with E-state index in [1.807, 2.05) is 54.8 Å². The van der Waals surface area contributed by atoms with Crippen molar-refractivity contribution in [2.24, 2.45) is 5.92 Å². The van der Waals surface area contributed by atoms with Gasteiger partial charge in [0.15, 0.2) is 0 Å². The molecule has 2 aliphatic rings. The highest BCUT2D eigenvalue weighted by molar-refractivity contribution is 7.98. The molecule has 140 valence electrons. The summed E-state index contributed by atoms with van der Waals surface area (Å²) in [5.74, 6) is 0.437. The molecule has 0 spiro atoms. The van der Waals surface area contributed by atoms with Crippen molar-refractivity contribution in [2.45, 2.75) is 23.8 Å². The Morgan fingerprint density at radius 1 is 1.22 bits per heavy atom. The molecule has 2 aliphatic heterocycles. The van der Waals surface area contributed by atoms with E-state index >= 15 is 0 Å². The number of ether oxygens (including phenoxy) is 1. The van der Waals surface area contributed by atoms with Gasteiger partial charge in [0.25, 0.3) is 0 Å². The van der Waals surface area contributed by atoms with E-state index in [1.54, 1.807) is 16.7 Å². The van der Waals surface area contributed by atoms with E-state index in [9.17, 15) is 9.59 Å². The van der Waals surface area contributed by atoms with E-state index in [4.69, 9.17) is 4.74 Å². The smallest absolute Gasteiger partial charge is 0.227 e. The summed E-state index contributed by atoms with van der Waals surface area (Å²) >= 11 is 1.64. The average molecular weight is 382 g/mol. The predicted molar refractivity (Wildman–Crippen MR) is 106 cm³/mol. The number of fused-ring (bicyclic) bond motifs is 1. The Bertz CT molecular complexity index is 870. The minimum atomic E-state index is -0.328. The van der Waals surface area contributed by atoms with Crippen LogP contribution in [0.15, 0.2) is 53.4 Å². The first-order valence-electron chi connectivity index (χ1n) is 9.12. The second kappa shape index (κ2) is 7.64. The van der Waals surface area contributed by atoms with Gasteiger partial charge < -0.3 is 15.0 Å². The molecule has 6 heteroatoms. The van der Waals surface area contributed by atoms with Crippen LogP contribution in [0, 0.1) is 5.92 Å². The number of nitrogens with zero attached hydrogens (tertiary/aromatic N) is 1. The predicted octanol–water partition coefficient (Wildman–Crippen LogP) is 3.40. The zero-order valence-corrected chi connectivity index (χ0v) is 16.0. The summed E-state index contributed by atoms with van der Waals surface area (Å²) in [5, 5.41) is 3.13. The van der Waals surface area contributed by atoms with Crippen molar-refractivity contribution in [3.8, 4) is 5.75 Å². The van der Waals surface area contributed by atoms with Crippen LogP contribution in [0.4, 0.5) is 5.69 Å². The Morgan fingerprint density at radius 3 is 2.93 bits per heavy atom. The van der Waals surface area contributed by atoms with Gasteiger partial charge >= 0.3 is 0 Å². The first-order chi connectivity index (χ1) is 13.2. The van der Waals surface area contributed by atoms with Crippen LogP contribution in [0.5, 0.6) is 5.75 Å². The molecule has 2 aromatic carbocycles. The zero-order chi connectivity index (χ0) is 18.8. The van der Waals surface area contributed by atoms with Gasteiger partial charge in [-0.25, -0.2) is 0 Å². The minimum Gasteiger partial charge on any atom is -0.493 e. The van der Waals surface area contributed by atoms with Crippen LogP contribution < -0.4 is 15.0 Å². The summed E-state index contributed by atoms with van der Waals surface area (Å²) in [5.41, 5.74) is 1.87. The Balaban J connectivity index is 1.46. The summed E-state index contributed by atoms with van der Waals surface area (Å²) in [7, 11) is 0. The van der Waals surface area contributed by atoms with Crippen LogP contribution in [-0.2, 0) is 9.59 Å². The number of benzene rings is 2. The van der Waals surface area contributed by atoms with Crippen LogP contribution in [0.2, 0.25) is 0 Å².